The van der Waals surface area contributed by atoms with Gasteiger partial charge in [0.2, 0.25) is 0 Å². The molecule has 0 aliphatic heterocycles. The lowest BCUT2D eigenvalue weighted by Crippen LogP contribution is -2.25. The number of rotatable bonds is 6. The molecule has 2 aromatic heterocycles. The summed E-state index contributed by atoms with van der Waals surface area (Å²) >= 11 is 1.46. The van der Waals surface area contributed by atoms with Gasteiger partial charge in [-0.25, -0.2) is 4.98 Å². The molecule has 2 heterocycles. The zero-order valence-electron chi connectivity index (χ0n) is 9.89. The first-order valence-electron chi connectivity index (χ1n) is 5.74. The minimum Gasteiger partial charge on any atom is -0.469 e. The standard InChI is InChI=1S/C12H15N3O2S/c13-5-3-11-15-10(8-18-11)12(16)14-6-4-9-2-1-7-17-9/h1-2,7-8H,3-6,13H2,(H,14,16). The fourth-order valence-electron chi connectivity index (χ4n) is 1.50. The van der Waals surface area contributed by atoms with Crippen LogP contribution in [0.15, 0.2) is 28.2 Å². The van der Waals surface area contributed by atoms with Crippen molar-refractivity contribution in [3.05, 3.63) is 40.2 Å². The van der Waals surface area contributed by atoms with Crippen LogP contribution in [0.25, 0.3) is 0 Å². The fourth-order valence-corrected chi connectivity index (χ4v) is 2.29. The van der Waals surface area contributed by atoms with Crippen molar-refractivity contribution in [3.63, 3.8) is 0 Å². The second-order valence-corrected chi connectivity index (χ2v) is 4.69. The molecule has 0 saturated heterocycles. The van der Waals surface area contributed by atoms with E-state index in [4.69, 9.17) is 10.2 Å². The van der Waals surface area contributed by atoms with Gasteiger partial charge in [-0.1, -0.05) is 0 Å². The molecule has 18 heavy (non-hydrogen) atoms. The average molecular weight is 265 g/mol. The highest BCUT2D eigenvalue weighted by molar-refractivity contribution is 7.09. The molecule has 0 aromatic carbocycles. The van der Waals surface area contributed by atoms with Crippen LogP contribution in [0.1, 0.15) is 21.3 Å². The Kier molecular flexibility index (Phi) is 4.49. The number of nitrogens with zero attached hydrogens (tertiary/aromatic N) is 1. The summed E-state index contributed by atoms with van der Waals surface area (Å²) in [5.41, 5.74) is 5.90. The quantitative estimate of drug-likeness (QED) is 0.822. The molecule has 0 aliphatic rings. The normalized spacial score (nSPS) is 10.5. The Balaban J connectivity index is 1.80. The summed E-state index contributed by atoms with van der Waals surface area (Å²) in [4.78, 5) is 16.0. The number of nitrogens with two attached hydrogens (primary N) is 1. The van der Waals surface area contributed by atoms with Crippen molar-refractivity contribution in [2.75, 3.05) is 13.1 Å². The number of nitrogens with one attached hydrogen (secondary N) is 1. The highest BCUT2D eigenvalue weighted by Gasteiger charge is 2.09. The maximum atomic E-state index is 11.8. The summed E-state index contributed by atoms with van der Waals surface area (Å²) < 4.78 is 5.18. The third-order valence-electron chi connectivity index (χ3n) is 2.38. The maximum Gasteiger partial charge on any atom is 0.270 e. The summed E-state index contributed by atoms with van der Waals surface area (Å²) in [5, 5.41) is 5.46. The smallest absolute Gasteiger partial charge is 0.270 e. The lowest BCUT2D eigenvalue weighted by atomic mass is 10.3. The predicted octanol–water partition coefficient (Wildman–Crippen LogP) is 1.21. The van der Waals surface area contributed by atoms with Gasteiger partial charge >= 0.3 is 0 Å². The molecule has 2 aromatic rings. The molecule has 0 spiro atoms. The number of hydrogen-bond acceptors (Lipinski definition) is 5. The van der Waals surface area contributed by atoms with Gasteiger partial charge in [-0.15, -0.1) is 11.3 Å². The van der Waals surface area contributed by atoms with Crippen LogP contribution in [0, 0.1) is 0 Å². The van der Waals surface area contributed by atoms with Gasteiger partial charge in [0.15, 0.2) is 0 Å². The van der Waals surface area contributed by atoms with Crippen LogP contribution in [0.5, 0.6) is 0 Å². The van der Waals surface area contributed by atoms with Crippen LogP contribution in [-0.2, 0) is 12.8 Å². The second kappa shape index (κ2) is 6.32. The summed E-state index contributed by atoms with van der Waals surface area (Å²) in [6.45, 7) is 1.09. The van der Waals surface area contributed by atoms with Gasteiger partial charge in [-0.2, -0.15) is 0 Å². The molecule has 2 rings (SSSR count). The predicted molar refractivity (Wildman–Crippen MR) is 69.6 cm³/mol. The lowest BCUT2D eigenvalue weighted by Gasteiger charge is -2.00. The van der Waals surface area contributed by atoms with E-state index in [1.165, 1.54) is 11.3 Å². The Morgan fingerprint density at radius 1 is 1.50 bits per heavy atom. The molecule has 6 heteroatoms. The monoisotopic (exact) mass is 265 g/mol. The van der Waals surface area contributed by atoms with Crippen LogP contribution < -0.4 is 11.1 Å². The summed E-state index contributed by atoms with van der Waals surface area (Å²) in [7, 11) is 0. The lowest BCUT2D eigenvalue weighted by molar-refractivity contribution is 0.0949. The van der Waals surface area contributed by atoms with Crippen molar-refractivity contribution in [3.8, 4) is 0 Å². The molecule has 0 radical (unpaired) electrons. The molecule has 0 aliphatic carbocycles. The van der Waals surface area contributed by atoms with Gasteiger partial charge in [0, 0.05) is 24.8 Å². The zero-order chi connectivity index (χ0) is 12.8. The number of amides is 1. The molecule has 5 nitrogen and oxygen atoms in total. The van der Waals surface area contributed by atoms with E-state index in [1.807, 2.05) is 12.1 Å². The first-order chi connectivity index (χ1) is 8.79. The van der Waals surface area contributed by atoms with E-state index in [2.05, 4.69) is 10.3 Å². The molecule has 0 saturated carbocycles. The molecule has 0 bridgehead atoms. The van der Waals surface area contributed by atoms with Gasteiger partial charge in [0.1, 0.15) is 11.5 Å². The number of carbonyl (C=O) groups excluding carboxylic acids is 1. The Labute approximate surface area is 109 Å². The molecular weight excluding hydrogens is 250 g/mol. The van der Waals surface area contributed by atoms with Gasteiger partial charge in [-0.05, 0) is 18.7 Å². The molecule has 96 valence electrons. The third-order valence-corrected chi connectivity index (χ3v) is 3.29. The van der Waals surface area contributed by atoms with Crippen LogP contribution >= 0.6 is 11.3 Å². The number of furan rings is 1. The number of carbonyl (C=O) groups is 1. The van der Waals surface area contributed by atoms with Crippen LogP contribution in [0.2, 0.25) is 0 Å². The summed E-state index contributed by atoms with van der Waals surface area (Å²) in [5.74, 6) is 0.707. The van der Waals surface area contributed by atoms with E-state index in [0.717, 1.165) is 10.8 Å². The van der Waals surface area contributed by atoms with E-state index in [9.17, 15) is 4.79 Å². The molecule has 3 N–H and O–H groups in total. The molecule has 1 amide bonds. The Hall–Kier alpha value is -1.66. The third kappa shape index (κ3) is 3.41. The first-order valence-corrected chi connectivity index (χ1v) is 6.62. The van der Waals surface area contributed by atoms with Crippen LogP contribution in [0.3, 0.4) is 0 Å². The Morgan fingerprint density at radius 3 is 3.11 bits per heavy atom. The zero-order valence-corrected chi connectivity index (χ0v) is 10.7. The van der Waals surface area contributed by atoms with Crippen molar-refractivity contribution in [1.29, 1.82) is 0 Å². The molecule has 0 unspecified atom stereocenters. The molecule has 0 fully saturated rings. The highest BCUT2D eigenvalue weighted by atomic mass is 32.1. The molecule has 0 atom stereocenters. The highest BCUT2D eigenvalue weighted by Crippen LogP contribution is 2.09. The minimum atomic E-state index is -0.152. The topological polar surface area (TPSA) is 81.1 Å². The van der Waals surface area contributed by atoms with E-state index in [0.29, 0.717) is 31.6 Å². The first kappa shape index (κ1) is 12.8. The van der Waals surface area contributed by atoms with Crippen molar-refractivity contribution < 1.29 is 9.21 Å². The van der Waals surface area contributed by atoms with E-state index < -0.39 is 0 Å². The Bertz CT molecular complexity index is 493. The molecular formula is C12H15N3O2S. The number of aromatic nitrogens is 1. The van der Waals surface area contributed by atoms with Gasteiger partial charge in [-0.3, -0.25) is 4.79 Å². The van der Waals surface area contributed by atoms with Crippen molar-refractivity contribution in [2.45, 2.75) is 12.8 Å². The van der Waals surface area contributed by atoms with Crippen LogP contribution in [-0.4, -0.2) is 24.0 Å². The number of hydrogen-bond donors (Lipinski definition) is 2. The summed E-state index contributed by atoms with van der Waals surface area (Å²) in [6, 6.07) is 3.71. The van der Waals surface area contributed by atoms with Crippen molar-refractivity contribution >= 4 is 17.2 Å². The van der Waals surface area contributed by atoms with Crippen molar-refractivity contribution in [1.82, 2.24) is 10.3 Å². The second-order valence-electron chi connectivity index (χ2n) is 3.75. The number of thiazole rings is 1. The van der Waals surface area contributed by atoms with Crippen LogP contribution in [0.4, 0.5) is 0 Å². The summed E-state index contributed by atoms with van der Waals surface area (Å²) in [6.07, 6.45) is 3.01. The largest absolute Gasteiger partial charge is 0.469 e. The van der Waals surface area contributed by atoms with E-state index in [1.54, 1.807) is 11.6 Å². The van der Waals surface area contributed by atoms with Gasteiger partial charge in [0.25, 0.3) is 5.91 Å². The van der Waals surface area contributed by atoms with E-state index in [-0.39, 0.29) is 5.91 Å². The van der Waals surface area contributed by atoms with Gasteiger partial charge in [0.05, 0.1) is 11.3 Å². The van der Waals surface area contributed by atoms with E-state index >= 15 is 0 Å². The van der Waals surface area contributed by atoms with Gasteiger partial charge < -0.3 is 15.5 Å². The fraction of sp³-hybridized carbons (Fsp3) is 0.333. The Morgan fingerprint density at radius 2 is 2.39 bits per heavy atom. The van der Waals surface area contributed by atoms with Crippen molar-refractivity contribution in [2.24, 2.45) is 5.73 Å². The minimum absolute atomic E-state index is 0.152. The average Bonchev–Trinajstić information content (AvgIpc) is 3.00. The maximum absolute atomic E-state index is 11.8. The SMILES string of the molecule is NCCc1nc(C(=O)NCCc2ccco2)cs1.